The molecule has 0 aromatic carbocycles. The molecule has 1 aromatic rings. The maximum Gasteiger partial charge on any atom is 0.0669 e. The molecular weight excluding hydrogens is 194 g/mol. The van der Waals surface area contributed by atoms with Crippen LogP contribution in [0.2, 0.25) is 0 Å². The van der Waals surface area contributed by atoms with Gasteiger partial charge in [-0.25, -0.2) is 0 Å². The summed E-state index contributed by atoms with van der Waals surface area (Å²) in [6.45, 7) is 2.32. The first-order valence-electron chi connectivity index (χ1n) is 5.30. The van der Waals surface area contributed by atoms with Crippen LogP contribution in [0.4, 0.5) is 0 Å². The van der Waals surface area contributed by atoms with E-state index in [1.165, 1.54) is 37.2 Å². The zero-order valence-corrected chi connectivity index (χ0v) is 9.33. The summed E-state index contributed by atoms with van der Waals surface area (Å²) in [4.78, 5) is 1.14. The summed E-state index contributed by atoms with van der Waals surface area (Å²) in [6, 6.07) is 0.165. The van der Waals surface area contributed by atoms with Gasteiger partial charge >= 0.3 is 0 Å². The molecule has 4 heteroatoms. The van der Waals surface area contributed by atoms with Crippen LogP contribution in [0.15, 0.2) is 6.20 Å². The van der Waals surface area contributed by atoms with Crippen molar-refractivity contribution in [2.45, 2.75) is 38.6 Å². The minimum atomic E-state index is 0.165. The molecule has 2 N–H and O–H groups in total. The largest absolute Gasteiger partial charge is 0.323 e. The molecule has 0 spiro atoms. The van der Waals surface area contributed by atoms with Gasteiger partial charge in [0.15, 0.2) is 0 Å². The zero-order valence-electron chi connectivity index (χ0n) is 8.52. The molecule has 0 aliphatic heterocycles. The maximum atomic E-state index is 6.21. The van der Waals surface area contributed by atoms with Gasteiger partial charge in [-0.15, -0.1) is 5.10 Å². The van der Waals surface area contributed by atoms with Crippen molar-refractivity contribution in [3.8, 4) is 0 Å². The molecule has 0 bridgehead atoms. The summed E-state index contributed by atoms with van der Waals surface area (Å²) in [5, 5.41) is 3.85. The summed E-state index contributed by atoms with van der Waals surface area (Å²) in [5.41, 5.74) is 6.21. The minimum absolute atomic E-state index is 0.165. The predicted molar refractivity (Wildman–Crippen MR) is 58.0 cm³/mol. The topological polar surface area (TPSA) is 51.8 Å². The molecular formula is C10H17N3S. The van der Waals surface area contributed by atoms with Crippen molar-refractivity contribution in [2.24, 2.45) is 17.6 Å². The van der Waals surface area contributed by atoms with Crippen LogP contribution >= 0.6 is 11.5 Å². The third-order valence-electron chi connectivity index (χ3n) is 3.19. The van der Waals surface area contributed by atoms with Gasteiger partial charge in [-0.1, -0.05) is 24.3 Å². The molecule has 14 heavy (non-hydrogen) atoms. The molecule has 1 aliphatic rings. The summed E-state index contributed by atoms with van der Waals surface area (Å²) in [5.74, 6) is 1.47. The third-order valence-corrected chi connectivity index (χ3v) is 3.96. The lowest BCUT2D eigenvalue weighted by atomic mass is 9.78. The molecule has 3 atom stereocenters. The Labute approximate surface area is 88.9 Å². The SMILES string of the molecule is CC1CCCC(C(N)c2cnns2)C1. The number of nitrogens with zero attached hydrogens (tertiary/aromatic N) is 2. The van der Waals surface area contributed by atoms with Crippen LogP contribution in [0.25, 0.3) is 0 Å². The average molecular weight is 211 g/mol. The summed E-state index contributed by atoms with van der Waals surface area (Å²) in [7, 11) is 0. The monoisotopic (exact) mass is 211 g/mol. The number of hydrogen-bond donors (Lipinski definition) is 1. The van der Waals surface area contributed by atoms with Gasteiger partial charge in [0.25, 0.3) is 0 Å². The molecule has 0 amide bonds. The number of rotatable bonds is 2. The highest BCUT2D eigenvalue weighted by Gasteiger charge is 2.26. The molecule has 0 radical (unpaired) electrons. The van der Waals surface area contributed by atoms with E-state index in [1.54, 1.807) is 0 Å². The normalized spacial score (nSPS) is 30.1. The fourth-order valence-corrected chi connectivity index (χ4v) is 2.96. The Morgan fingerprint density at radius 1 is 1.57 bits per heavy atom. The van der Waals surface area contributed by atoms with E-state index in [2.05, 4.69) is 16.5 Å². The molecule has 1 saturated carbocycles. The zero-order chi connectivity index (χ0) is 9.97. The molecule has 78 valence electrons. The highest BCUT2D eigenvalue weighted by Crippen LogP contribution is 2.36. The van der Waals surface area contributed by atoms with Crippen molar-refractivity contribution >= 4 is 11.5 Å². The first-order valence-corrected chi connectivity index (χ1v) is 6.07. The van der Waals surface area contributed by atoms with Crippen LogP contribution in [0.1, 0.15) is 43.5 Å². The number of aromatic nitrogens is 2. The second kappa shape index (κ2) is 4.36. The van der Waals surface area contributed by atoms with E-state index in [-0.39, 0.29) is 6.04 Å². The second-order valence-electron chi connectivity index (χ2n) is 4.38. The van der Waals surface area contributed by atoms with Gasteiger partial charge in [0.1, 0.15) is 0 Å². The predicted octanol–water partition coefficient (Wildman–Crippen LogP) is 2.36. The third kappa shape index (κ3) is 2.12. The van der Waals surface area contributed by atoms with Crippen LogP contribution in [-0.4, -0.2) is 9.59 Å². The van der Waals surface area contributed by atoms with E-state index in [0.29, 0.717) is 5.92 Å². The smallest absolute Gasteiger partial charge is 0.0669 e. The van der Waals surface area contributed by atoms with E-state index >= 15 is 0 Å². The van der Waals surface area contributed by atoms with Gasteiger partial charge in [0.05, 0.1) is 11.1 Å². The van der Waals surface area contributed by atoms with Crippen LogP contribution in [0.5, 0.6) is 0 Å². The van der Waals surface area contributed by atoms with Crippen molar-refractivity contribution in [3.05, 3.63) is 11.1 Å². The van der Waals surface area contributed by atoms with Crippen molar-refractivity contribution in [3.63, 3.8) is 0 Å². The molecule has 1 fully saturated rings. The van der Waals surface area contributed by atoms with Crippen LogP contribution < -0.4 is 5.73 Å². The molecule has 2 rings (SSSR count). The fourth-order valence-electron chi connectivity index (χ4n) is 2.36. The molecule has 0 saturated heterocycles. The Balaban J connectivity index is 2.00. The van der Waals surface area contributed by atoms with Gasteiger partial charge < -0.3 is 5.73 Å². The number of hydrogen-bond acceptors (Lipinski definition) is 4. The van der Waals surface area contributed by atoms with Crippen molar-refractivity contribution in [1.29, 1.82) is 0 Å². The Bertz CT molecular complexity index is 273. The Morgan fingerprint density at radius 2 is 2.43 bits per heavy atom. The van der Waals surface area contributed by atoms with Gasteiger partial charge in [0, 0.05) is 6.04 Å². The molecule has 1 heterocycles. The molecule has 1 aliphatic carbocycles. The first kappa shape index (κ1) is 10.1. The fraction of sp³-hybridized carbons (Fsp3) is 0.800. The van der Waals surface area contributed by atoms with Crippen LogP contribution in [0, 0.1) is 11.8 Å². The lowest BCUT2D eigenvalue weighted by Crippen LogP contribution is -2.25. The summed E-state index contributed by atoms with van der Waals surface area (Å²) in [6.07, 6.45) is 7.03. The average Bonchev–Trinajstić information content (AvgIpc) is 2.69. The highest BCUT2D eigenvalue weighted by atomic mass is 32.1. The lowest BCUT2D eigenvalue weighted by molar-refractivity contribution is 0.249. The van der Waals surface area contributed by atoms with Crippen LogP contribution in [-0.2, 0) is 0 Å². The highest BCUT2D eigenvalue weighted by molar-refractivity contribution is 7.05. The van der Waals surface area contributed by atoms with Crippen LogP contribution in [0.3, 0.4) is 0 Å². The number of nitrogens with two attached hydrogens (primary N) is 1. The maximum absolute atomic E-state index is 6.21. The second-order valence-corrected chi connectivity index (χ2v) is 5.19. The Morgan fingerprint density at radius 3 is 3.07 bits per heavy atom. The van der Waals surface area contributed by atoms with E-state index in [9.17, 15) is 0 Å². The quantitative estimate of drug-likeness (QED) is 0.817. The summed E-state index contributed by atoms with van der Waals surface area (Å²) >= 11 is 1.44. The van der Waals surface area contributed by atoms with Gasteiger partial charge in [-0.05, 0) is 36.2 Å². The Hall–Kier alpha value is -0.480. The van der Waals surface area contributed by atoms with Crippen molar-refractivity contribution < 1.29 is 0 Å². The van der Waals surface area contributed by atoms with Crippen molar-refractivity contribution in [2.75, 3.05) is 0 Å². The molecule has 1 aromatic heterocycles. The minimum Gasteiger partial charge on any atom is -0.323 e. The first-order chi connectivity index (χ1) is 6.77. The van der Waals surface area contributed by atoms with E-state index in [1.807, 2.05) is 6.20 Å². The van der Waals surface area contributed by atoms with Gasteiger partial charge in [-0.2, -0.15) is 0 Å². The standard InChI is InChI=1S/C10H17N3S/c1-7-3-2-4-8(5-7)10(11)9-6-12-13-14-9/h6-8,10H,2-5,11H2,1H3. The molecule has 3 nitrogen and oxygen atoms in total. The lowest BCUT2D eigenvalue weighted by Gasteiger charge is -2.30. The Kier molecular flexibility index (Phi) is 3.13. The van der Waals surface area contributed by atoms with E-state index in [0.717, 1.165) is 10.8 Å². The summed E-state index contributed by atoms with van der Waals surface area (Å²) < 4.78 is 3.87. The van der Waals surface area contributed by atoms with Gasteiger partial charge in [-0.3, -0.25) is 0 Å². The van der Waals surface area contributed by atoms with E-state index < -0.39 is 0 Å². The van der Waals surface area contributed by atoms with Gasteiger partial charge in [0.2, 0.25) is 0 Å². The van der Waals surface area contributed by atoms with E-state index in [4.69, 9.17) is 5.73 Å². The molecule has 3 unspecified atom stereocenters. The van der Waals surface area contributed by atoms with Crippen molar-refractivity contribution in [1.82, 2.24) is 9.59 Å².